The number of halogens is 4. The number of likely N-dealkylation sites (tertiary alicyclic amines) is 1. The Morgan fingerprint density at radius 2 is 2.03 bits per heavy atom. The molecule has 1 N–H and O–H groups in total. The van der Waals surface area contributed by atoms with Crippen molar-refractivity contribution in [3.63, 3.8) is 0 Å². The lowest BCUT2D eigenvalue weighted by Crippen LogP contribution is -2.42. The Morgan fingerprint density at radius 1 is 1.28 bits per heavy atom. The molecule has 0 saturated carbocycles. The lowest BCUT2D eigenvalue weighted by atomic mass is 10.1. The van der Waals surface area contributed by atoms with Crippen LogP contribution in [0.2, 0.25) is 0 Å². The second-order valence-corrected chi connectivity index (χ2v) is 7.66. The summed E-state index contributed by atoms with van der Waals surface area (Å²) >= 11 is 0. The van der Waals surface area contributed by atoms with E-state index in [1.165, 1.54) is 4.90 Å². The number of guanidine groups is 1. The van der Waals surface area contributed by atoms with E-state index in [9.17, 15) is 13.2 Å². The van der Waals surface area contributed by atoms with Gasteiger partial charge in [0.1, 0.15) is 11.5 Å². The Hall–Kier alpha value is -1.43. The van der Waals surface area contributed by atoms with Crippen molar-refractivity contribution in [1.29, 1.82) is 0 Å². The molecule has 1 unspecified atom stereocenters. The van der Waals surface area contributed by atoms with Gasteiger partial charge < -0.3 is 19.7 Å². The van der Waals surface area contributed by atoms with Gasteiger partial charge in [-0.25, -0.2) is 0 Å². The molecule has 2 rings (SSSR count). The standard InChI is InChI=1S/C22H35F3N4O2.HI/c1-4-26-21(27-11-7-13-31-20-9-6-8-19(14-20)30-3)29-12-10-18(16-29)15-28(5-2)17-22(23,24)25;/h6,8-9,14,18H,4-5,7,10-13,15-17H2,1-3H3,(H,26,27);1H. The van der Waals surface area contributed by atoms with Gasteiger partial charge in [0, 0.05) is 45.2 Å². The van der Waals surface area contributed by atoms with E-state index < -0.39 is 12.7 Å². The molecule has 0 spiro atoms. The van der Waals surface area contributed by atoms with Crippen LogP contribution in [-0.4, -0.2) is 81.5 Å². The van der Waals surface area contributed by atoms with Crippen molar-refractivity contribution >= 4 is 29.9 Å². The molecule has 0 amide bonds. The van der Waals surface area contributed by atoms with E-state index in [0.29, 0.717) is 26.2 Å². The maximum Gasteiger partial charge on any atom is 0.401 e. The van der Waals surface area contributed by atoms with Gasteiger partial charge in [-0.1, -0.05) is 13.0 Å². The fraction of sp³-hybridized carbons (Fsp3) is 0.682. The number of benzene rings is 1. The summed E-state index contributed by atoms with van der Waals surface area (Å²) < 4.78 is 49.1. The highest BCUT2D eigenvalue weighted by Crippen LogP contribution is 2.22. The normalized spacial score (nSPS) is 16.8. The van der Waals surface area contributed by atoms with Crippen LogP contribution in [0, 0.1) is 5.92 Å². The second-order valence-electron chi connectivity index (χ2n) is 7.66. The molecular weight excluding hydrogens is 536 g/mol. The summed E-state index contributed by atoms with van der Waals surface area (Å²) in [4.78, 5) is 8.32. The van der Waals surface area contributed by atoms with Crippen molar-refractivity contribution in [2.45, 2.75) is 32.9 Å². The summed E-state index contributed by atoms with van der Waals surface area (Å²) in [6.07, 6.45) is -2.52. The van der Waals surface area contributed by atoms with Crippen LogP contribution in [0.5, 0.6) is 11.5 Å². The fourth-order valence-electron chi connectivity index (χ4n) is 3.65. The van der Waals surface area contributed by atoms with Gasteiger partial charge in [-0.2, -0.15) is 13.2 Å². The Kier molecular flexibility index (Phi) is 13.1. The van der Waals surface area contributed by atoms with Crippen molar-refractivity contribution in [1.82, 2.24) is 15.1 Å². The molecule has 1 aliphatic heterocycles. The van der Waals surface area contributed by atoms with Gasteiger partial charge in [-0.05, 0) is 37.9 Å². The first kappa shape index (κ1) is 28.6. The monoisotopic (exact) mass is 572 g/mol. The molecule has 1 heterocycles. The van der Waals surface area contributed by atoms with Gasteiger partial charge in [0.15, 0.2) is 5.96 Å². The molecule has 1 aliphatic rings. The SMILES string of the molecule is CCNC(=NCCCOc1cccc(OC)c1)N1CCC(CN(CC)CC(F)(F)F)C1.I. The van der Waals surface area contributed by atoms with Gasteiger partial charge in [0.05, 0.1) is 20.3 Å². The number of hydrogen-bond acceptors (Lipinski definition) is 4. The minimum Gasteiger partial charge on any atom is -0.497 e. The molecular formula is C22H36F3IN4O2. The van der Waals surface area contributed by atoms with Gasteiger partial charge in [0.25, 0.3) is 0 Å². The number of rotatable bonds is 11. The highest BCUT2D eigenvalue weighted by atomic mass is 127. The van der Waals surface area contributed by atoms with Gasteiger partial charge in [0.2, 0.25) is 0 Å². The number of nitrogens with zero attached hydrogens (tertiary/aromatic N) is 3. The average molecular weight is 572 g/mol. The zero-order valence-corrected chi connectivity index (χ0v) is 21.5. The Balaban J connectivity index is 0.00000512. The molecule has 0 aliphatic carbocycles. The highest BCUT2D eigenvalue weighted by Gasteiger charge is 2.32. The van der Waals surface area contributed by atoms with Crippen LogP contribution in [0.25, 0.3) is 0 Å². The summed E-state index contributed by atoms with van der Waals surface area (Å²) in [6, 6.07) is 7.48. The molecule has 1 saturated heterocycles. The van der Waals surface area contributed by atoms with Crippen LogP contribution >= 0.6 is 24.0 Å². The maximum atomic E-state index is 12.7. The Morgan fingerprint density at radius 3 is 2.69 bits per heavy atom. The van der Waals surface area contributed by atoms with Crippen LogP contribution in [0.15, 0.2) is 29.3 Å². The van der Waals surface area contributed by atoms with Crippen LogP contribution in [0.4, 0.5) is 13.2 Å². The lowest BCUT2D eigenvalue weighted by molar-refractivity contribution is -0.146. The summed E-state index contributed by atoms with van der Waals surface area (Å²) in [5.74, 6) is 2.55. The molecule has 6 nitrogen and oxygen atoms in total. The van der Waals surface area contributed by atoms with Crippen molar-refractivity contribution in [2.24, 2.45) is 10.9 Å². The summed E-state index contributed by atoms with van der Waals surface area (Å²) in [5, 5.41) is 3.30. The summed E-state index contributed by atoms with van der Waals surface area (Å²) in [7, 11) is 1.62. The number of hydrogen-bond donors (Lipinski definition) is 1. The smallest absolute Gasteiger partial charge is 0.401 e. The molecule has 0 bridgehead atoms. The molecule has 1 fully saturated rings. The molecule has 10 heteroatoms. The third kappa shape index (κ3) is 10.5. The number of nitrogens with one attached hydrogen (secondary N) is 1. The summed E-state index contributed by atoms with van der Waals surface area (Å²) in [5.41, 5.74) is 0. The third-order valence-electron chi connectivity index (χ3n) is 5.16. The number of ether oxygens (including phenoxy) is 2. The summed E-state index contributed by atoms with van der Waals surface area (Å²) in [6.45, 7) is 7.23. The zero-order chi connectivity index (χ0) is 22.7. The van der Waals surface area contributed by atoms with E-state index >= 15 is 0 Å². The van der Waals surface area contributed by atoms with Crippen molar-refractivity contribution in [3.8, 4) is 11.5 Å². The fourth-order valence-corrected chi connectivity index (χ4v) is 3.65. The predicted molar refractivity (Wildman–Crippen MR) is 132 cm³/mol. The lowest BCUT2D eigenvalue weighted by Gasteiger charge is -2.26. The number of aliphatic imine (C=N–C) groups is 1. The molecule has 1 atom stereocenters. The molecule has 184 valence electrons. The highest BCUT2D eigenvalue weighted by molar-refractivity contribution is 14.0. The largest absolute Gasteiger partial charge is 0.497 e. The second kappa shape index (κ2) is 14.7. The topological polar surface area (TPSA) is 49.3 Å². The first-order valence-electron chi connectivity index (χ1n) is 10.9. The van der Waals surface area contributed by atoms with Crippen molar-refractivity contribution in [2.75, 3.05) is 59.5 Å². The zero-order valence-electron chi connectivity index (χ0n) is 19.2. The Bertz CT molecular complexity index is 691. The molecule has 32 heavy (non-hydrogen) atoms. The van der Waals surface area contributed by atoms with E-state index in [4.69, 9.17) is 9.47 Å². The van der Waals surface area contributed by atoms with Crippen LogP contribution in [-0.2, 0) is 0 Å². The van der Waals surface area contributed by atoms with Gasteiger partial charge in [-0.3, -0.25) is 9.89 Å². The first-order valence-corrected chi connectivity index (χ1v) is 10.9. The third-order valence-corrected chi connectivity index (χ3v) is 5.16. The average Bonchev–Trinajstić information content (AvgIpc) is 3.19. The van der Waals surface area contributed by atoms with Gasteiger partial charge in [-0.15, -0.1) is 24.0 Å². The van der Waals surface area contributed by atoms with Crippen LogP contribution in [0.1, 0.15) is 26.7 Å². The number of methoxy groups -OCH3 is 1. The quantitative estimate of drug-likeness (QED) is 0.186. The van der Waals surface area contributed by atoms with Crippen LogP contribution < -0.4 is 14.8 Å². The van der Waals surface area contributed by atoms with Crippen molar-refractivity contribution < 1.29 is 22.6 Å². The minimum absolute atomic E-state index is 0. The van der Waals surface area contributed by atoms with E-state index in [-0.39, 0.29) is 29.9 Å². The first-order chi connectivity index (χ1) is 14.8. The molecule has 1 aromatic rings. The maximum absolute atomic E-state index is 12.7. The molecule has 0 aromatic heterocycles. The minimum atomic E-state index is -4.16. The van der Waals surface area contributed by atoms with E-state index in [0.717, 1.165) is 49.9 Å². The van der Waals surface area contributed by atoms with Crippen LogP contribution in [0.3, 0.4) is 0 Å². The van der Waals surface area contributed by atoms with E-state index in [1.54, 1.807) is 14.0 Å². The molecule has 1 aromatic carbocycles. The molecule has 0 radical (unpaired) electrons. The number of alkyl halides is 3. The van der Waals surface area contributed by atoms with Gasteiger partial charge >= 0.3 is 6.18 Å². The predicted octanol–water partition coefficient (Wildman–Crippen LogP) is 4.25. The van der Waals surface area contributed by atoms with Crippen molar-refractivity contribution in [3.05, 3.63) is 24.3 Å². The van der Waals surface area contributed by atoms with E-state index in [2.05, 4.69) is 15.2 Å². The van der Waals surface area contributed by atoms with E-state index in [1.807, 2.05) is 31.2 Å². The Labute approximate surface area is 206 Å².